The van der Waals surface area contributed by atoms with Crippen LogP contribution in [0, 0.1) is 0 Å². The largest absolute Gasteiger partial charge is 0.385 e. The van der Waals surface area contributed by atoms with Crippen LogP contribution in [0.4, 0.5) is 5.69 Å². The summed E-state index contributed by atoms with van der Waals surface area (Å²) >= 11 is 0. The Balaban J connectivity index is 2.61. The van der Waals surface area contributed by atoms with Crippen molar-refractivity contribution in [1.82, 2.24) is 4.98 Å². The maximum Gasteiger partial charge on any atom is 0.0370 e. The first-order valence-corrected chi connectivity index (χ1v) is 3.07. The van der Waals surface area contributed by atoms with E-state index in [2.05, 4.69) is 17.2 Å². The lowest BCUT2D eigenvalue weighted by atomic mass is 10.4. The van der Waals surface area contributed by atoms with Crippen molar-refractivity contribution in [3.05, 3.63) is 24.5 Å². The van der Waals surface area contributed by atoms with E-state index in [0.29, 0.717) is 0 Å². The summed E-state index contributed by atoms with van der Waals surface area (Å²) in [5.74, 6) is 0. The van der Waals surface area contributed by atoms with E-state index in [1.807, 2.05) is 12.1 Å². The van der Waals surface area contributed by atoms with Crippen molar-refractivity contribution >= 4 is 5.69 Å². The SMILES string of the molecule is CCNc1ccncc1. The predicted molar refractivity (Wildman–Crippen MR) is 38.4 cm³/mol. The van der Waals surface area contributed by atoms with Crippen molar-refractivity contribution in [3.63, 3.8) is 0 Å². The minimum atomic E-state index is 0.962. The van der Waals surface area contributed by atoms with Gasteiger partial charge in [0.05, 0.1) is 0 Å². The highest BCUT2D eigenvalue weighted by molar-refractivity contribution is 5.40. The normalized spacial score (nSPS) is 9.00. The van der Waals surface area contributed by atoms with Crippen molar-refractivity contribution < 1.29 is 0 Å². The molecule has 1 rings (SSSR count). The van der Waals surface area contributed by atoms with E-state index in [1.165, 1.54) is 0 Å². The molecular weight excluding hydrogens is 112 g/mol. The molecule has 48 valence electrons. The molecule has 0 bridgehead atoms. The number of nitrogens with zero attached hydrogens (tertiary/aromatic N) is 1. The Bertz CT molecular complexity index is 160. The summed E-state index contributed by atoms with van der Waals surface area (Å²) < 4.78 is 0. The number of hydrogen-bond acceptors (Lipinski definition) is 2. The van der Waals surface area contributed by atoms with Gasteiger partial charge in [-0.2, -0.15) is 0 Å². The minimum absolute atomic E-state index is 0.962. The molecule has 0 aliphatic rings. The van der Waals surface area contributed by atoms with Crippen LogP contribution in [-0.4, -0.2) is 11.5 Å². The molecule has 2 heteroatoms. The van der Waals surface area contributed by atoms with Gasteiger partial charge in [-0.05, 0) is 19.1 Å². The molecule has 0 saturated heterocycles. The summed E-state index contributed by atoms with van der Waals surface area (Å²) in [6.07, 6.45) is 3.55. The molecule has 1 aromatic heterocycles. The van der Waals surface area contributed by atoms with Gasteiger partial charge in [0.25, 0.3) is 0 Å². The highest BCUT2D eigenvalue weighted by Crippen LogP contribution is 2.00. The van der Waals surface area contributed by atoms with Gasteiger partial charge in [0.15, 0.2) is 0 Å². The molecule has 0 unspecified atom stereocenters. The molecular formula is C7H10N2. The number of aromatic nitrogens is 1. The van der Waals surface area contributed by atoms with Crippen LogP contribution in [-0.2, 0) is 0 Å². The van der Waals surface area contributed by atoms with Gasteiger partial charge in [0, 0.05) is 24.6 Å². The van der Waals surface area contributed by atoms with Gasteiger partial charge in [-0.15, -0.1) is 0 Å². The molecule has 0 radical (unpaired) electrons. The van der Waals surface area contributed by atoms with Crippen LogP contribution in [0.15, 0.2) is 24.5 Å². The van der Waals surface area contributed by atoms with E-state index in [1.54, 1.807) is 12.4 Å². The van der Waals surface area contributed by atoms with Crippen molar-refractivity contribution in [2.75, 3.05) is 11.9 Å². The monoisotopic (exact) mass is 122 g/mol. The van der Waals surface area contributed by atoms with Gasteiger partial charge in [0.2, 0.25) is 0 Å². The molecule has 0 atom stereocenters. The Kier molecular flexibility index (Phi) is 2.07. The van der Waals surface area contributed by atoms with Crippen molar-refractivity contribution in [1.29, 1.82) is 0 Å². The van der Waals surface area contributed by atoms with Crippen molar-refractivity contribution in [2.24, 2.45) is 0 Å². The second kappa shape index (κ2) is 3.07. The van der Waals surface area contributed by atoms with Crippen LogP contribution >= 0.6 is 0 Å². The zero-order chi connectivity index (χ0) is 6.53. The Morgan fingerprint density at radius 1 is 1.44 bits per heavy atom. The zero-order valence-corrected chi connectivity index (χ0v) is 5.46. The van der Waals surface area contributed by atoms with Crippen LogP contribution in [0.1, 0.15) is 6.92 Å². The van der Waals surface area contributed by atoms with E-state index >= 15 is 0 Å². The second-order valence-corrected chi connectivity index (χ2v) is 1.77. The zero-order valence-electron chi connectivity index (χ0n) is 5.46. The fourth-order valence-electron chi connectivity index (χ4n) is 0.674. The number of pyridine rings is 1. The summed E-state index contributed by atoms with van der Waals surface area (Å²) in [7, 11) is 0. The van der Waals surface area contributed by atoms with Gasteiger partial charge in [-0.25, -0.2) is 0 Å². The lowest BCUT2D eigenvalue weighted by molar-refractivity contribution is 1.20. The summed E-state index contributed by atoms with van der Waals surface area (Å²) in [6, 6.07) is 3.90. The third-order valence-corrected chi connectivity index (χ3v) is 1.06. The van der Waals surface area contributed by atoms with Gasteiger partial charge in [-0.3, -0.25) is 4.98 Å². The number of anilines is 1. The molecule has 9 heavy (non-hydrogen) atoms. The first-order valence-electron chi connectivity index (χ1n) is 3.07. The van der Waals surface area contributed by atoms with Gasteiger partial charge in [-0.1, -0.05) is 0 Å². The highest BCUT2D eigenvalue weighted by atomic mass is 14.9. The minimum Gasteiger partial charge on any atom is -0.385 e. The fourth-order valence-corrected chi connectivity index (χ4v) is 0.674. The summed E-state index contributed by atoms with van der Waals surface area (Å²) in [6.45, 7) is 3.03. The van der Waals surface area contributed by atoms with Crippen LogP contribution in [0.5, 0.6) is 0 Å². The molecule has 0 fully saturated rings. The molecule has 2 nitrogen and oxygen atoms in total. The van der Waals surface area contributed by atoms with Crippen LogP contribution in [0.25, 0.3) is 0 Å². The summed E-state index contributed by atoms with van der Waals surface area (Å²) in [4.78, 5) is 3.89. The Labute approximate surface area is 54.9 Å². The highest BCUT2D eigenvalue weighted by Gasteiger charge is 1.82. The molecule has 0 aliphatic heterocycles. The van der Waals surface area contributed by atoms with Crippen LogP contribution < -0.4 is 5.32 Å². The van der Waals surface area contributed by atoms with Gasteiger partial charge in [0.1, 0.15) is 0 Å². The van der Waals surface area contributed by atoms with E-state index in [-0.39, 0.29) is 0 Å². The average Bonchev–Trinajstić information content (AvgIpc) is 1.91. The molecule has 0 amide bonds. The first-order chi connectivity index (χ1) is 4.43. The quantitative estimate of drug-likeness (QED) is 0.643. The van der Waals surface area contributed by atoms with Crippen LogP contribution in [0.2, 0.25) is 0 Å². The van der Waals surface area contributed by atoms with Crippen LogP contribution in [0.3, 0.4) is 0 Å². The molecule has 0 spiro atoms. The van der Waals surface area contributed by atoms with Gasteiger partial charge >= 0.3 is 0 Å². The van der Waals surface area contributed by atoms with E-state index < -0.39 is 0 Å². The third kappa shape index (κ3) is 1.72. The smallest absolute Gasteiger partial charge is 0.0370 e. The van der Waals surface area contributed by atoms with E-state index in [0.717, 1.165) is 12.2 Å². The summed E-state index contributed by atoms with van der Waals surface area (Å²) in [5.41, 5.74) is 1.13. The van der Waals surface area contributed by atoms with Crippen molar-refractivity contribution in [3.8, 4) is 0 Å². The van der Waals surface area contributed by atoms with Crippen molar-refractivity contribution in [2.45, 2.75) is 6.92 Å². The predicted octanol–water partition coefficient (Wildman–Crippen LogP) is 1.51. The maximum absolute atomic E-state index is 3.89. The third-order valence-electron chi connectivity index (χ3n) is 1.06. The van der Waals surface area contributed by atoms with Gasteiger partial charge < -0.3 is 5.32 Å². The Morgan fingerprint density at radius 3 is 2.67 bits per heavy atom. The fraction of sp³-hybridized carbons (Fsp3) is 0.286. The standard InChI is InChI=1S/C7H10N2/c1-2-9-7-3-5-8-6-4-7/h3-6H,2H2,1H3,(H,8,9). The number of rotatable bonds is 2. The summed E-state index contributed by atoms with van der Waals surface area (Å²) in [5, 5.41) is 3.17. The average molecular weight is 122 g/mol. The first kappa shape index (κ1) is 6.08. The topological polar surface area (TPSA) is 24.9 Å². The molecule has 1 N–H and O–H groups in total. The Hall–Kier alpha value is -1.05. The lowest BCUT2D eigenvalue weighted by Gasteiger charge is -1.98. The van der Waals surface area contributed by atoms with E-state index in [9.17, 15) is 0 Å². The van der Waals surface area contributed by atoms with E-state index in [4.69, 9.17) is 0 Å². The molecule has 0 aromatic carbocycles. The number of nitrogens with one attached hydrogen (secondary N) is 1. The Morgan fingerprint density at radius 2 is 2.11 bits per heavy atom. The second-order valence-electron chi connectivity index (χ2n) is 1.77. The molecule has 0 saturated carbocycles. The maximum atomic E-state index is 3.89. The lowest BCUT2D eigenvalue weighted by Crippen LogP contribution is -1.95. The number of hydrogen-bond donors (Lipinski definition) is 1. The molecule has 1 heterocycles. The molecule has 1 aromatic rings. The molecule has 0 aliphatic carbocycles.